The minimum Gasteiger partial charge on any atom is -0.222 e. The number of thiophene rings is 1. The normalized spacial score (nSPS) is 10.3. The Balaban J connectivity index is 3.12. The third-order valence-electron chi connectivity index (χ3n) is 1.25. The SMILES string of the molecule is N#CCS(=O)(=O)c1ccc(C#N)s1. The number of rotatable bonds is 2. The molecule has 0 atom stereocenters. The molecular formula is C7H4N2O2S2. The smallest absolute Gasteiger partial charge is 0.201 e. The van der Waals surface area contributed by atoms with Crippen LogP contribution in [0.25, 0.3) is 0 Å². The molecule has 0 aliphatic heterocycles. The maximum Gasteiger partial charge on any atom is 0.201 e. The van der Waals surface area contributed by atoms with Gasteiger partial charge >= 0.3 is 0 Å². The predicted molar refractivity (Wildman–Crippen MR) is 46.7 cm³/mol. The predicted octanol–water partition coefficient (Wildman–Crippen LogP) is 0.917. The summed E-state index contributed by atoms with van der Waals surface area (Å²) < 4.78 is 22.6. The molecule has 0 bridgehead atoms. The summed E-state index contributed by atoms with van der Waals surface area (Å²) in [6.07, 6.45) is 0. The Morgan fingerprint density at radius 2 is 2.08 bits per heavy atom. The van der Waals surface area contributed by atoms with E-state index in [0.717, 1.165) is 11.3 Å². The van der Waals surface area contributed by atoms with Crippen LogP contribution in [0.15, 0.2) is 16.3 Å². The first-order chi connectivity index (χ1) is 6.10. The van der Waals surface area contributed by atoms with Crippen LogP contribution in [0, 0.1) is 22.7 Å². The van der Waals surface area contributed by atoms with E-state index in [4.69, 9.17) is 10.5 Å². The fourth-order valence-electron chi connectivity index (χ4n) is 0.703. The van der Waals surface area contributed by atoms with Crippen LogP contribution in [0.1, 0.15) is 4.88 Å². The Kier molecular flexibility index (Phi) is 2.66. The largest absolute Gasteiger partial charge is 0.222 e. The van der Waals surface area contributed by atoms with E-state index in [1.54, 1.807) is 6.07 Å². The zero-order valence-electron chi connectivity index (χ0n) is 6.39. The van der Waals surface area contributed by atoms with Crippen molar-refractivity contribution in [3.05, 3.63) is 17.0 Å². The van der Waals surface area contributed by atoms with E-state index in [1.807, 2.05) is 6.07 Å². The molecule has 0 aliphatic rings. The van der Waals surface area contributed by atoms with Crippen LogP contribution in [0.3, 0.4) is 0 Å². The number of nitriles is 2. The van der Waals surface area contributed by atoms with Crippen LogP contribution in [0.2, 0.25) is 0 Å². The molecular weight excluding hydrogens is 208 g/mol. The second-order valence-corrected chi connectivity index (χ2v) is 5.45. The molecule has 0 saturated carbocycles. The quantitative estimate of drug-likeness (QED) is 0.729. The lowest BCUT2D eigenvalue weighted by molar-refractivity contribution is 0.601. The van der Waals surface area contributed by atoms with Gasteiger partial charge in [0.05, 0.1) is 6.07 Å². The summed E-state index contributed by atoms with van der Waals surface area (Å²) in [7, 11) is -3.49. The fraction of sp³-hybridized carbons (Fsp3) is 0.143. The van der Waals surface area contributed by atoms with E-state index in [2.05, 4.69) is 0 Å². The zero-order valence-corrected chi connectivity index (χ0v) is 8.02. The highest BCUT2D eigenvalue weighted by Crippen LogP contribution is 2.21. The Morgan fingerprint density at radius 1 is 1.38 bits per heavy atom. The van der Waals surface area contributed by atoms with Gasteiger partial charge in [-0.1, -0.05) is 0 Å². The molecule has 1 aromatic rings. The van der Waals surface area contributed by atoms with Gasteiger partial charge in [-0.15, -0.1) is 11.3 Å². The summed E-state index contributed by atoms with van der Waals surface area (Å²) in [5.74, 6) is -0.543. The van der Waals surface area contributed by atoms with Gasteiger partial charge in [0.2, 0.25) is 9.84 Å². The second-order valence-electron chi connectivity index (χ2n) is 2.15. The van der Waals surface area contributed by atoms with Gasteiger partial charge in [-0.2, -0.15) is 10.5 Å². The van der Waals surface area contributed by atoms with Gasteiger partial charge in [-0.05, 0) is 12.1 Å². The molecule has 0 radical (unpaired) electrons. The zero-order chi connectivity index (χ0) is 9.90. The summed E-state index contributed by atoms with van der Waals surface area (Å²) in [4.78, 5) is 0.330. The van der Waals surface area contributed by atoms with E-state index in [-0.39, 0.29) is 4.21 Å². The molecule has 1 rings (SSSR count). The van der Waals surface area contributed by atoms with Gasteiger partial charge in [0.15, 0.2) is 0 Å². The standard InChI is InChI=1S/C7H4N2O2S2/c8-3-4-13(10,11)7-2-1-6(5-9)12-7/h1-2H,4H2. The first-order valence-corrected chi connectivity index (χ1v) is 5.66. The molecule has 0 fully saturated rings. The molecule has 4 nitrogen and oxygen atoms in total. The summed E-state index contributed by atoms with van der Waals surface area (Å²) in [5.41, 5.74) is 0. The minimum absolute atomic E-state index is 0.0746. The molecule has 1 aromatic heterocycles. The maximum absolute atomic E-state index is 11.2. The van der Waals surface area contributed by atoms with E-state index < -0.39 is 15.6 Å². The lowest BCUT2D eigenvalue weighted by Gasteiger charge is -1.91. The van der Waals surface area contributed by atoms with Crippen LogP contribution < -0.4 is 0 Å². The molecule has 0 amide bonds. The Labute approximate surface area is 79.6 Å². The second kappa shape index (κ2) is 3.56. The maximum atomic E-state index is 11.2. The van der Waals surface area contributed by atoms with Crippen molar-refractivity contribution >= 4 is 21.2 Å². The van der Waals surface area contributed by atoms with Crippen molar-refractivity contribution in [2.24, 2.45) is 0 Å². The summed E-state index contributed by atoms with van der Waals surface area (Å²) in [5, 5.41) is 16.7. The number of hydrogen-bond donors (Lipinski definition) is 0. The highest BCUT2D eigenvalue weighted by Gasteiger charge is 2.16. The van der Waals surface area contributed by atoms with Crippen molar-refractivity contribution in [3.8, 4) is 12.1 Å². The molecule has 0 N–H and O–H groups in total. The number of nitrogens with zero attached hydrogens (tertiary/aromatic N) is 2. The van der Waals surface area contributed by atoms with Crippen LogP contribution in [-0.2, 0) is 9.84 Å². The third-order valence-corrected chi connectivity index (χ3v) is 4.31. The van der Waals surface area contributed by atoms with Crippen molar-refractivity contribution < 1.29 is 8.42 Å². The lowest BCUT2D eigenvalue weighted by Crippen LogP contribution is -2.01. The summed E-state index contributed by atoms with van der Waals surface area (Å²) >= 11 is 0.880. The summed E-state index contributed by atoms with van der Waals surface area (Å²) in [6.45, 7) is 0. The Bertz CT molecular complexity index is 487. The molecule has 0 aliphatic carbocycles. The molecule has 6 heteroatoms. The van der Waals surface area contributed by atoms with Crippen molar-refractivity contribution in [1.82, 2.24) is 0 Å². The van der Waals surface area contributed by atoms with Crippen LogP contribution in [0.5, 0.6) is 0 Å². The van der Waals surface area contributed by atoms with E-state index in [1.165, 1.54) is 12.1 Å². The van der Waals surface area contributed by atoms with Crippen molar-refractivity contribution in [2.45, 2.75) is 4.21 Å². The molecule has 1 heterocycles. The van der Waals surface area contributed by atoms with E-state index in [9.17, 15) is 8.42 Å². The van der Waals surface area contributed by atoms with E-state index >= 15 is 0 Å². The van der Waals surface area contributed by atoms with Gasteiger partial charge < -0.3 is 0 Å². The molecule has 66 valence electrons. The first kappa shape index (κ1) is 9.72. The topological polar surface area (TPSA) is 81.7 Å². The third kappa shape index (κ3) is 2.05. The molecule has 0 spiro atoms. The Morgan fingerprint density at radius 3 is 2.54 bits per heavy atom. The van der Waals surface area contributed by atoms with Crippen LogP contribution in [-0.4, -0.2) is 14.2 Å². The highest BCUT2D eigenvalue weighted by molar-refractivity contribution is 7.93. The van der Waals surface area contributed by atoms with Crippen LogP contribution in [0.4, 0.5) is 0 Å². The van der Waals surface area contributed by atoms with Gasteiger partial charge in [0.25, 0.3) is 0 Å². The van der Waals surface area contributed by atoms with Gasteiger partial charge in [0, 0.05) is 0 Å². The summed E-state index contributed by atoms with van der Waals surface area (Å²) in [6, 6.07) is 6.17. The lowest BCUT2D eigenvalue weighted by atomic mass is 10.5. The van der Waals surface area contributed by atoms with Crippen molar-refractivity contribution in [2.75, 3.05) is 5.75 Å². The number of hydrogen-bond acceptors (Lipinski definition) is 5. The Hall–Kier alpha value is -1.37. The van der Waals surface area contributed by atoms with Gasteiger partial charge in [-0.3, -0.25) is 0 Å². The van der Waals surface area contributed by atoms with E-state index in [0.29, 0.717) is 4.88 Å². The minimum atomic E-state index is -3.49. The van der Waals surface area contributed by atoms with Gasteiger partial charge in [-0.25, -0.2) is 8.42 Å². The molecule has 0 saturated heterocycles. The molecule has 13 heavy (non-hydrogen) atoms. The first-order valence-electron chi connectivity index (χ1n) is 3.20. The van der Waals surface area contributed by atoms with Crippen molar-refractivity contribution in [1.29, 1.82) is 10.5 Å². The average molecular weight is 212 g/mol. The van der Waals surface area contributed by atoms with Crippen LogP contribution >= 0.6 is 11.3 Å². The monoisotopic (exact) mass is 212 g/mol. The fourth-order valence-corrected chi connectivity index (χ4v) is 2.78. The van der Waals surface area contributed by atoms with Crippen molar-refractivity contribution in [3.63, 3.8) is 0 Å². The highest BCUT2D eigenvalue weighted by atomic mass is 32.2. The molecule has 0 unspecified atom stereocenters. The molecule has 0 aromatic carbocycles. The van der Waals surface area contributed by atoms with Gasteiger partial charge in [0.1, 0.15) is 20.9 Å². The number of sulfone groups is 1. The average Bonchev–Trinajstić information content (AvgIpc) is 2.52.